The maximum absolute atomic E-state index is 10.7. The highest BCUT2D eigenvalue weighted by Crippen LogP contribution is 2.38. The van der Waals surface area contributed by atoms with Crippen LogP contribution in [0.25, 0.3) is 0 Å². The van der Waals surface area contributed by atoms with Gasteiger partial charge in [-0.25, -0.2) is 0 Å². The van der Waals surface area contributed by atoms with Gasteiger partial charge in [-0.15, -0.1) is 0 Å². The SMILES string of the molecule is CNSc1cc2c(o1)CCC/C2=N/OC.O=CNc1c2c(cc3c1CCC3)CCC2. The summed E-state index contributed by atoms with van der Waals surface area (Å²) >= 11 is 1.48. The van der Waals surface area contributed by atoms with Crippen LogP contribution in [0.1, 0.15) is 59.3 Å². The Balaban J connectivity index is 0.000000145. The topological polar surface area (TPSA) is 75.9 Å². The van der Waals surface area contributed by atoms with E-state index < -0.39 is 0 Å². The van der Waals surface area contributed by atoms with Gasteiger partial charge in [-0.05, 0) is 92.6 Å². The number of benzene rings is 1. The fraction of sp³-hybridized carbons (Fsp3) is 0.478. The Morgan fingerprint density at radius 3 is 2.37 bits per heavy atom. The molecule has 2 N–H and O–H groups in total. The van der Waals surface area contributed by atoms with Gasteiger partial charge in [0.15, 0.2) is 5.09 Å². The molecular formula is C23H29N3O3S. The van der Waals surface area contributed by atoms with E-state index in [4.69, 9.17) is 9.25 Å². The number of fused-ring (bicyclic) bond motifs is 3. The molecule has 6 nitrogen and oxygen atoms in total. The lowest BCUT2D eigenvalue weighted by atomic mass is 9.97. The third-order valence-corrected chi connectivity index (χ3v) is 6.60. The average Bonchev–Trinajstić information content (AvgIpc) is 3.48. The van der Waals surface area contributed by atoms with Gasteiger partial charge in [-0.3, -0.25) is 9.52 Å². The smallest absolute Gasteiger partial charge is 0.211 e. The predicted molar refractivity (Wildman–Crippen MR) is 120 cm³/mol. The van der Waals surface area contributed by atoms with Gasteiger partial charge in [0, 0.05) is 23.7 Å². The molecule has 3 aliphatic carbocycles. The molecule has 160 valence electrons. The molecule has 0 unspecified atom stereocenters. The van der Waals surface area contributed by atoms with Crippen LogP contribution >= 0.6 is 11.9 Å². The number of aryl methyl sites for hydroxylation is 3. The van der Waals surface area contributed by atoms with Crippen molar-refractivity contribution in [1.82, 2.24) is 4.72 Å². The number of hydrogen-bond donors (Lipinski definition) is 2. The standard InChI is InChI=1S/C13H15NO.C10H14N2O2S/c15-8-14-13-11-5-1-3-9(11)7-10-4-2-6-12(10)13;1-11-15-10-6-7-8(12-13-2)4-3-5-9(7)14-10/h7-8H,1-6H2,(H,14,15);6,11H,3-5H2,1-2H3/b;12-8-. The zero-order valence-corrected chi connectivity index (χ0v) is 18.5. The van der Waals surface area contributed by atoms with E-state index in [9.17, 15) is 4.79 Å². The number of carbonyl (C=O) groups is 1. The van der Waals surface area contributed by atoms with Gasteiger partial charge in [-0.2, -0.15) is 0 Å². The van der Waals surface area contributed by atoms with Gasteiger partial charge in [-0.1, -0.05) is 11.2 Å². The molecule has 0 bridgehead atoms. The van der Waals surface area contributed by atoms with E-state index >= 15 is 0 Å². The predicted octanol–water partition coefficient (Wildman–Crippen LogP) is 4.43. The van der Waals surface area contributed by atoms with Gasteiger partial charge >= 0.3 is 0 Å². The molecule has 3 aliphatic rings. The number of amides is 1. The van der Waals surface area contributed by atoms with Crippen LogP contribution in [0.2, 0.25) is 0 Å². The van der Waals surface area contributed by atoms with Crippen molar-refractivity contribution in [2.75, 3.05) is 19.5 Å². The first-order valence-electron chi connectivity index (χ1n) is 10.7. The maximum atomic E-state index is 10.7. The van der Waals surface area contributed by atoms with Crippen LogP contribution in [-0.4, -0.2) is 26.3 Å². The molecule has 0 spiro atoms. The number of oxime groups is 1. The highest BCUT2D eigenvalue weighted by atomic mass is 32.2. The molecule has 0 saturated heterocycles. The molecule has 1 aromatic carbocycles. The molecule has 2 aromatic rings. The summed E-state index contributed by atoms with van der Waals surface area (Å²) in [5, 5.41) is 7.84. The maximum Gasteiger partial charge on any atom is 0.211 e. The molecule has 0 atom stereocenters. The third-order valence-electron chi connectivity index (χ3n) is 6.00. The van der Waals surface area contributed by atoms with Gasteiger partial charge in [0.25, 0.3) is 0 Å². The first-order chi connectivity index (χ1) is 14.7. The van der Waals surface area contributed by atoms with Crippen LogP contribution in [-0.2, 0) is 41.7 Å². The van der Waals surface area contributed by atoms with Crippen LogP contribution in [0.5, 0.6) is 0 Å². The third kappa shape index (κ3) is 4.27. The van der Waals surface area contributed by atoms with Crippen molar-refractivity contribution in [2.24, 2.45) is 5.16 Å². The van der Waals surface area contributed by atoms with E-state index in [-0.39, 0.29) is 0 Å². The highest BCUT2D eigenvalue weighted by Gasteiger charge is 2.23. The summed E-state index contributed by atoms with van der Waals surface area (Å²) in [7, 11) is 3.45. The number of hydrogen-bond acceptors (Lipinski definition) is 6. The van der Waals surface area contributed by atoms with E-state index in [1.807, 2.05) is 13.1 Å². The van der Waals surface area contributed by atoms with E-state index in [0.29, 0.717) is 0 Å². The minimum atomic E-state index is 0.826. The Labute approximate surface area is 181 Å². The number of furan rings is 1. The Morgan fingerprint density at radius 2 is 1.73 bits per heavy atom. The fourth-order valence-electron chi connectivity index (χ4n) is 4.79. The number of anilines is 1. The summed E-state index contributed by atoms with van der Waals surface area (Å²) in [5.41, 5.74) is 8.99. The van der Waals surface area contributed by atoms with Crippen molar-refractivity contribution in [3.8, 4) is 0 Å². The first kappa shape index (κ1) is 21.0. The van der Waals surface area contributed by atoms with Gasteiger partial charge in [0.1, 0.15) is 12.9 Å². The van der Waals surface area contributed by atoms with Crippen LogP contribution < -0.4 is 10.0 Å². The van der Waals surface area contributed by atoms with E-state index in [1.165, 1.54) is 59.9 Å². The second-order valence-corrected chi connectivity index (χ2v) is 8.79. The molecule has 1 amide bonds. The van der Waals surface area contributed by atoms with Crippen molar-refractivity contribution in [3.05, 3.63) is 45.7 Å². The second-order valence-electron chi connectivity index (χ2n) is 7.78. The van der Waals surface area contributed by atoms with E-state index in [0.717, 1.165) is 66.3 Å². The Morgan fingerprint density at radius 1 is 1.03 bits per heavy atom. The van der Waals surface area contributed by atoms with Crippen molar-refractivity contribution >= 4 is 29.8 Å². The molecule has 7 heteroatoms. The Bertz CT molecular complexity index is 919. The molecule has 0 radical (unpaired) electrons. The summed E-state index contributed by atoms with van der Waals surface area (Å²) in [4.78, 5) is 15.5. The Kier molecular flexibility index (Phi) is 6.79. The molecule has 1 aromatic heterocycles. The van der Waals surface area contributed by atoms with Crippen LogP contribution in [0.3, 0.4) is 0 Å². The summed E-state index contributed by atoms with van der Waals surface area (Å²) in [5.74, 6) is 1.02. The average molecular weight is 428 g/mol. The van der Waals surface area contributed by atoms with E-state index in [2.05, 4.69) is 21.3 Å². The first-order valence-corrected chi connectivity index (χ1v) is 11.5. The molecule has 0 saturated carbocycles. The Hall–Kier alpha value is -2.25. The van der Waals surface area contributed by atoms with Crippen LogP contribution in [0.4, 0.5) is 5.69 Å². The highest BCUT2D eigenvalue weighted by molar-refractivity contribution is 7.97. The lowest BCUT2D eigenvalue weighted by Crippen LogP contribution is -2.09. The lowest BCUT2D eigenvalue weighted by molar-refractivity contribution is -0.105. The molecular weight excluding hydrogens is 398 g/mol. The summed E-state index contributed by atoms with van der Waals surface area (Å²) in [6.45, 7) is 0. The van der Waals surface area contributed by atoms with Crippen molar-refractivity contribution < 1.29 is 14.0 Å². The largest absolute Gasteiger partial charge is 0.453 e. The second kappa shape index (κ2) is 9.71. The monoisotopic (exact) mass is 427 g/mol. The number of carbonyl (C=O) groups excluding carboxylic acids is 1. The quantitative estimate of drug-likeness (QED) is 0.420. The molecule has 1 heterocycles. The molecule has 5 rings (SSSR count). The normalized spacial score (nSPS) is 17.6. The number of rotatable bonds is 5. The number of nitrogens with zero attached hydrogens (tertiary/aromatic N) is 1. The van der Waals surface area contributed by atoms with Gasteiger partial charge in [0.2, 0.25) is 6.41 Å². The van der Waals surface area contributed by atoms with Crippen molar-refractivity contribution in [1.29, 1.82) is 0 Å². The summed E-state index contributed by atoms with van der Waals surface area (Å²) in [6, 6.07) is 4.40. The molecule has 0 aliphatic heterocycles. The van der Waals surface area contributed by atoms with Crippen LogP contribution in [0.15, 0.2) is 26.8 Å². The molecule has 30 heavy (non-hydrogen) atoms. The number of nitrogens with one attached hydrogen (secondary N) is 2. The van der Waals surface area contributed by atoms with E-state index in [1.54, 1.807) is 7.11 Å². The zero-order chi connectivity index (χ0) is 20.9. The van der Waals surface area contributed by atoms with Crippen molar-refractivity contribution in [3.63, 3.8) is 0 Å². The van der Waals surface area contributed by atoms with Crippen LogP contribution in [0, 0.1) is 0 Å². The zero-order valence-electron chi connectivity index (χ0n) is 17.7. The summed E-state index contributed by atoms with van der Waals surface area (Å²) in [6.07, 6.45) is 11.0. The minimum absolute atomic E-state index is 0.826. The lowest BCUT2D eigenvalue weighted by Gasteiger charge is -2.13. The minimum Gasteiger partial charge on any atom is -0.453 e. The molecule has 0 fully saturated rings. The van der Waals surface area contributed by atoms with Gasteiger partial charge in [0.05, 0.1) is 5.71 Å². The summed E-state index contributed by atoms with van der Waals surface area (Å²) < 4.78 is 8.68. The fourth-order valence-corrected chi connectivity index (χ4v) is 5.31. The van der Waals surface area contributed by atoms with Crippen molar-refractivity contribution in [2.45, 2.75) is 62.9 Å². The van der Waals surface area contributed by atoms with Gasteiger partial charge < -0.3 is 14.6 Å².